The van der Waals surface area contributed by atoms with Gasteiger partial charge in [-0.25, -0.2) is 0 Å². The van der Waals surface area contributed by atoms with Crippen LogP contribution >= 0.6 is 11.6 Å². The summed E-state index contributed by atoms with van der Waals surface area (Å²) in [6, 6.07) is 6.64. The smallest absolute Gasteiger partial charge is 0.237 e. The van der Waals surface area contributed by atoms with Crippen LogP contribution in [0.2, 0.25) is 5.02 Å². The van der Waals surface area contributed by atoms with Crippen LogP contribution in [-0.4, -0.2) is 25.1 Å². The average Bonchev–Trinajstić information content (AvgIpc) is 2.35. The van der Waals surface area contributed by atoms with E-state index in [9.17, 15) is 4.79 Å². The van der Waals surface area contributed by atoms with Crippen molar-refractivity contribution in [3.8, 4) is 5.75 Å². The first kappa shape index (κ1) is 15.8. The van der Waals surface area contributed by atoms with E-state index in [4.69, 9.17) is 22.1 Å². The third-order valence-corrected chi connectivity index (χ3v) is 2.80. The molecule has 0 spiro atoms. The Hall–Kier alpha value is -1.26. The van der Waals surface area contributed by atoms with E-state index in [0.29, 0.717) is 30.5 Å². The lowest BCUT2D eigenvalue weighted by atomic mass is 10.0. The second kappa shape index (κ2) is 8.02. The molecule has 4 nitrogen and oxygen atoms in total. The average molecular weight is 285 g/mol. The summed E-state index contributed by atoms with van der Waals surface area (Å²) >= 11 is 5.76. The predicted octanol–water partition coefficient (Wildman–Crippen LogP) is 2.21. The number of amides is 1. The normalized spacial score (nSPS) is 12.3. The van der Waals surface area contributed by atoms with Gasteiger partial charge in [0.2, 0.25) is 5.91 Å². The largest absolute Gasteiger partial charge is 0.492 e. The lowest BCUT2D eigenvalue weighted by Crippen LogP contribution is -2.42. The van der Waals surface area contributed by atoms with Crippen molar-refractivity contribution >= 4 is 17.5 Å². The number of benzene rings is 1. The minimum Gasteiger partial charge on any atom is -0.492 e. The molecule has 106 valence electrons. The zero-order valence-electron chi connectivity index (χ0n) is 11.4. The van der Waals surface area contributed by atoms with Gasteiger partial charge in [0.15, 0.2) is 0 Å². The van der Waals surface area contributed by atoms with Crippen LogP contribution in [0, 0.1) is 5.92 Å². The maximum Gasteiger partial charge on any atom is 0.237 e. The fourth-order valence-electron chi connectivity index (χ4n) is 1.62. The number of nitrogens with one attached hydrogen (secondary N) is 1. The number of halogens is 1. The van der Waals surface area contributed by atoms with Gasteiger partial charge in [-0.05, 0) is 36.6 Å². The van der Waals surface area contributed by atoms with E-state index >= 15 is 0 Å². The first-order valence-corrected chi connectivity index (χ1v) is 6.78. The van der Waals surface area contributed by atoms with Crippen molar-refractivity contribution in [3.05, 3.63) is 29.3 Å². The third-order valence-electron chi connectivity index (χ3n) is 2.55. The minimum atomic E-state index is -0.449. The topological polar surface area (TPSA) is 64.4 Å². The SMILES string of the molecule is CC(C)C[C@H](N)C(=O)NCCOc1ccc(Cl)cc1. The van der Waals surface area contributed by atoms with Crippen LogP contribution in [0.3, 0.4) is 0 Å². The van der Waals surface area contributed by atoms with Crippen molar-refractivity contribution in [2.75, 3.05) is 13.2 Å². The van der Waals surface area contributed by atoms with Crippen molar-refractivity contribution in [2.24, 2.45) is 11.7 Å². The van der Waals surface area contributed by atoms with Crippen LogP contribution in [0.4, 0.5) is 0 Å². The van der Waals surface area contributed by atoms with Gasteiger partial charge in [0.1, 0.15) is 12.4 Å². The lowest BCUT2D eigenvalue weighted by molar-refractivity contribution is -0.122. The standard InChI is InChI=1S/C14H21ClN2O2/c1-10(2)9-13(16)14(18)17-7-8-19-12-5-3-11(15)4-6-12/h3-6,10,13H,7-9,16H2,1-2H3,(H,17,18)/t13-/m0/s1. The van der Waals surface area contributed by atoms with E-state index in [1.807, 2.05) is 13.8 Å². The third kappa shape index (κ3) is 6.45. The first-order valence-electron chi connectivity index (χ1n) is 6.40. The van der Waals surface area contributed by atoms with Crippen LogP contribution in [0.25, 0.3) is 0 Å². The summed E-state index contributed by atoms with van der Waals surface area (Å²) in [6.45, 7) is 4.92. The van der Waals surface area contributed by atoms with E-state index in [1.54, 1.807) is 24.3 Å². The maximum absolute atomic E-state index is 11.6. The Labute approximate surface area is 119 Å². The summed E-state index contributed by atoms with van der Waals surface area (Å²) < 4.78 is 5.46. The van der Waals surface area contributed by atoms with Crippen molar-refractivity contribution < 1.29 is 9.53 Å². The second-order valence-electron chi connectivity index (χ2n) is 4.83. The molecule has 5 heteroatoms. The molecule has 0 radical (unpaired) electrons. The molecule has 0 heterocycles. The Bertz CT molecular complexity index is 393. The summed E-state index contributed by atoms with van der Waals surface area (Å²) in [5.74, 6) is 1.00. The monoisotopic (exact) mass is 284 g/mol. The Kier molecular flexibility index (Phi) is 6.67. The summed E-state index contributed by atoms with van der Waals surface area (Å²) in [6.07, 6.45) is 0.684. The highest BCUT2D eigenvalue weighted by molar-refractivity contribution is 6.30. The molecule has 0 saturated heterocycles. The van der Waals surface area contributed by atoms with Crippen molar-refractivity contribution in [1.29, 1.82) is 0 Å². The molecule has 1 aromatic rings. The molecule has 1 aromatic carbocycles. The van der Waals surface area contributed by atoms with Gasteiger partial charge in [-0.15, -0.1) is 0 Å². The van der Waals surface area contributed by atoms with Crippen LogP contribution in [0.5, 0.6) is 5.75 Å². The van der Waals surface area contributed by atoms with E-state index in [-0.39, 0.29) is 5.91 Å². The van der Waals surface area contributed by atoms with Gasteiger partial charge >= 0.3 is 0 Å². The van der Waals surface area contributed by atoms with E-state index in [2.05, 4.69) is 5.32 Å². The molecule has 0 saturated carbocycles. The Morgan fingerprint density at radius 1 is 1.37 bits per heavy atom. The quantitative estimate of drug-likeness (QED) is 0.755. The molecule has 0 unspecified atom stereocenters. The lowest BCUT2D eigenvalue weighted by Gasteiger charge is -2.14. The number of carbonyl (C=O) groups excluding carboxylic acids is 1. The van der Waals surface area contributed by atoms with Gasteiger partial charge in [0.05, 0.1) is 12.6 Å². The molecule has 0 fully saturated rings. The highest BCUT2D eigenvalue weighted by Crippen LogP contribution is 2.15. The van der Waals surface area contributed by atoms with Gasteiger partial charge in [0.25, 0.3) is 0 Å². The predicted molar refractivity (Wildman–Crippen MR) is 77.4 cm³/mol. The van der Waals surface area contributed by atoms with E-state index in [0.717, 1.165) is 5.75 Å². The summed E-state index contributed by atoms with van der Waals surface area (Å²) in [4.78, 5) is 11.6. The van der Waals surface area contributed by atoms with Crippen molar-refractivity contribution in [1.82, 2.24) is 5.32 Å². The zero-order chi connectivity index (χ0) is 14.3. The number of carbonyl (C=O) groups is 1. The van der Waals surface area contributed by atoms with E-state index in [1.165, 1.54) is 0 Å². The molecule has 0 aliphatic carbocycles. The minimum absolute atomic E-state index is 0.131. The fraction of sp³-hybridized carbons (Fsp3) is 0.500. The molecule has 1 rings (SSSR count). The van der Waals surface area contributed by atoms with Crippen LogP contribution in [-0.2, 0) is 4.79 Å². The summed E-state index contributed by atoms with van der Waals surface area (Å²) in [7, 11) is 0. The number of hydrogen-bond acceptors (Lipinski definition) is 3. The zero-order valence-corrected chi connectivity index (χ0v) is 12.1. The first-order chi connectivity index (χ1) is 8.99. The number of hydrogen-bond donors (Lipinski definition) is 2. The molecule has 0 aliphatic rings. The number of nitrogens with two attached hydrogens (primary N) is 1. The molecule has 1 atom stereocenters. The van der Waals surface area contributed by atoms with Gasteiger partial charge in [-0.3, -0.25) is 4.79 Å². The summed E-state index contributed by atoms with van der Waals surface area (Å²) in [5.41, 5.74) is 5.76. The molecule has 1 amide bonds. The molecule has 3 N–H and O–H groups in total. The second-order valence-corrected chi connectivity index (χ2v) is 5.27. The van der Waals surface area contributed by atoms with Crippen LogP contribution in [0.1, 0.15) is 20.3 Å². The van der Waals surface area contributed by atoms with E-state index < -0.39 is 6.04 Å². The summed E-state index contributed by atoms with van der Waals surface area (Å²) in [5, 5.41) is 3.42. The molecular formula is C14H21ClN2O2. The van der Waals surface area contributed by atoms with Gasteiger partial charge in [-0.1, -0.05) is 25.4 Å². The van der Waals surface area contributed by atoms with Crippen LogP contribution < -0.4 is 15.8 Å². The molecule has 0 aliphatic heterocycles. The molecular weight excluding hydrogens is 264 g/mol. The van der Waals surface area contributed by atoms with Crippen LogP contribution in [0.15, 0.2) is 24.3 Å². The highest BCUT2D eigenvalue weighted by atomic mass is 35.5. The Balaban J connectivity index is 2.20. The van der Waals surface area contributed by atoms with Crippen molar-refractivity contribution in [3.63, 3.8) is 0 Å². The Morgan fingerprint density at radius 3 is 2.58 bits per heavy atom. The van der Waals surface area contributed by atoms with Crippen molar-refractivity contribution in [2.45, 2.75) is 26.3 Å². The number of rotatable bonds is 7. The molecule has 0 bridgehead atoms. The maximum atomic E-state index is 11.6. The Morgan fingerprint density at radius 2 is 2.00 bits per heavy atom. The highest BCUT2D eigenvalue weighted by Gasteiger charge is 2.13. The van der Waals surface area contributed by atoms with Gasteiger partial charge in [0, 0.05) is 5.02 Å². The molecule has 19 heavy (non-hydrogen) atoms. The molecule has 0 aromatic heterocycles. The van der Waals surface area contributed by atoms with Gasteiger partial charge < -0.3 is 15.8 Å². The fourth-order valence-corrected chi connectivity index (χ4v) is 1.75. The number of ether oxygens (including phenoxy) is 1. The van der Waals surface area contributed by atoms with Gasteiger partial charge in [-0.2, -0.15) is 0 Å².